The third-order valence-electron chi connectivity index (χ3n) is 2.49. The average molecular weight is 263 g/mol. The third-order valence-corrected chi connectivity index (χ3v) is 2.49. The molecule has 1 aromatic heterocycles. The van der Waals surface area contributed by atoms with Gasteiger partial charge in [0.2, 0.25) is 0 Å². The van der Waals surface area contributed by atoms with Crippen molar-refractivity contribution < 1.29 is 14.3 Å². The zero-order valence-corrected chi connectivity index (χ0v) is 10.3. The summed E-state index contributed by atoms with van der Waals surface area (Å²) in [6, 6.07) is 5.19. The van der Waals surface area contributed by atoms with E-state index in [4.69, 9.17) is 0 Å². The Morgan fingerprint density at radius 2 is 2.00 bits per heavy atom. The van der Waals surface area contributed by atoms with Gasteiger partial charge in [-0.25, -0.2) is 9.59 Å². The Balaban J connectivity index is 2.03. The number of benzene rings is 1. The van der Waals surface area contributed by atoms with Crippen molar-refractivity contribution in [2.45, 2.75) is 13.5 Å². The number of hydrogen-bond acceptors (Lipinski definition) is 4. The Kier molecular flexibility index (Phi) is 3.65. The summed E-state index contributed by atoms with van der Waals surface area (Å²) in [5.74, 6) is -1.69. The number of esters is 1. The van der Waals surface area contributed by atoms with Crippen LogP contribution in [-0.2, 0) is 20.9 Å². The van der Waals surface area contributed by atoms with Crippen LogP contribution >= 0.6 is 0 Å². The van der Waals surface area contributed by atoms with Crippen molar-refractivity contribution in [3.63, 3.8) is 0 Å². The van der Waals surface area contributed by atoms with Crippen molar-refractivity contribution in [2.24, 2.45) is 0 Å². The lowest BCUT2D eigenvalue weighted by molar-refractivity contribution is -0.154. The summed E-state index contributed by atoms with van der Waals surface area (Å²) in [6.45, 7) is 1.96. The van der Waals surface area contributed by atoms with E-state index in [2.05, 4.69) is 20.0 Å². The third kappa shape index (κ3) is 3.01. The lowest BCUT2D eigenvalue weighted by atomic mass is 10.2. The monoisotopic (exact) mass is 263 g/mol. The van der Waals surface area contributed by atoms with Crippen molar-refractivity contribution in [1.29, 1.82) is 0 Å². The van der Waals surface area contributed by atoms with Gasteiger partial charge in [-0.3, -0.25) is 4.79 Å². The zero-order valence-electron chi connectivity index (χ0n) is 10.3. The van der Waals surface area contributed by atoms with Gasteiger partial charge in [-0.15, -0.1) is 0 Å². The summed E-state index contributed by atoms with van der Waals surface area (Å²) >= 11 is 0. The van der Waals surface area contributed by atoms with Gasteiger partial charge in [0.25, 0.3) is 0 Å². The van der Waals surface area contributed by atoms with Crippen LogP contribution in [0.5, 0.6) is 0 Å². The van der Waals surface area contributed by atoms with Gasteiger partial charge in [-0.05, 0) is 24.6 Å². The van der Waals surface area contributed by atoms with Crippen LogP contribution in [0, 0.1) is 0 Å². The Morgan fingerprint density at radius 1 is 1.26 bits per heavy atom. The highest BCUT2D eigenvalue weighted by atomic mass is 16.5. The van der Waals surface area contributed by atoms with Gasteiger partial charge in [-0.1, -0.05) is 6.07 Å². The molecule has 0 saturated carbocycles. The molecule has 0 atom stereocenters. The van der Waals surface area contributed by atoms with E-state index in [1.807, 2.05) is 0 Å². The maximum absolute atomic E-state index is 11.3. The van der Waals surface area contributed by atoms with Crippen LogP contribution in [0.2, 0.25) is 0 Å². The van der Waals surface area contributed by atoms with E-state index < -0.39 is 11.9 Å². The molecule has 0 saturated heterocycles. The molecule has 1 amide bonds. The fraction of sp³-hybridized carbons (Fsp3) is 0.250. The minimum atomic E-state index is -0.904. The summed E-state index contributed by atoms with van der Waals surface area (Å²) in [6.07, 6.45) is 0. The van der Waals surface area contributed by atoms with Crippen molar-refractivity contribution in [1.82, 2.24) is 15.3 Å². The smallest absolute Gasteiger partial charge is 0.396 e. The van der Waals surface area contributed by atoms with Crippen LogP contribution < -0.4 is 11.0 Å². The molecular weight excluding hydrogens is 250 g/mol. The Bertz CT molecular complexity index is 671. The number of carbonyl (C=O) groups is 2. The molecule has 7 nitrogen and oxygen atoms in total. The second-order valence-corrected chi connectivity index (χ2v) is 3.86. The van der Waals surface area contributed by atoms with Crippen LogP contribution in [0.1, 0.15) is 12.5 Å². The van der Waals surface area contributed by atoms with Crippen LogP contribution in [0.3, 0.4) is 0 Å². The second kappa shape index (κ2) is 5.38. The number of aromatic nitrogens is 2. The molecule has 19 heavy (non-hydrogen) atoms. The normalized spacial score (nSPS) is 10.4. The van der Waals surface area contributed by atoms with Gasteiger partial charge in [-0.2, -0.15) is 0 Å². The first-order chi connectivity index (χ1) is 9.10. The van der Waals surface area contributed by atoms with Gasteiger partial charge in [0, 0.05) is 6.54 Å². The summed E-state index contributed by atoms with van der Waals surface area (Å²) in [4.78, 5) is 38.7. The summed E-state index contributed by atoms with van der Waals surface area (Å²) in [7, 11) is 0. The molecule has 1 aromatic carbocycles. The molecule has 0 aliphatic carbocycles. The maximum Gasteiger partial charge on any atom is 0.396 e. The van der Waals surface area contributed by atoms with Crippen LogP contribution in [-0.4, -0.2) is 28.5 Å². The first kappa shape index (κ1) is 12.9. The molecule has 2 rings (SSSR count). The number of H-pyrrole nitrogens is 2. The predicted octanol–water partition coefficient (Wildman–Crippen LogP) is 0.0355. The number of nitrogens with one attached hydrogen (secondary N) is 3. The molecular formula is C12H13N3O4. The van der Waals surface area contributed by atoms with Crippen LogP contribution in [0.25, 0.3) is 11.0 Å². The Morgan fingerprint density at radius 3 is 2.74 bits per heavy atom. The van der Waals surface area contributed by atoms with Gasteiger partial charge in [0.05, 0.1) is 17.6 Å². The molecule has 7 heteroatoms. The van der Waals surface area contributed by atoms with E-state index in [9.17, 15) is 14.4 Å². The van der Waals surface area contributed by atoms with Gasteiger partial charge < -0.3 is 20.0 Å². The summed E-state index contributed by atoms with van der Waals surface area (Å²) in [5, 5.41) is 2.44. The largest absolute Gasteiger partial charge is 0.459 e. The average Bonchev–Trinajstić information content (AvgIpc) is 2.75. The topological polar surface area (TPSA) is 104 Å². The van der Waals surface area contributed by atoms with E-state index in [1.165, 1.54) is 0 Å². The SMILES string of the molecule is CCOC(=O)C(=O)NCc1ccc2[nH]c(=O)[nH]c2c1. The van der Waals surface area contributed by atoms with E-state index in [1.54, 1.807) is 25.1 Å². The maximum atomic E-state index is 11.3. The summed E-state index contributed by atoms with van der Waals surface area (Å²) in [5.41, 5.74) is 1.81. The highest BCUT2D eigenvalue weighted by Gasteiger charge is 2.13. The number of carbonyl (C=O) groups excluding carboxylic acids is 2. The van der Waals surface area contributed by atoms with E-state index >= 15 is 0 Å². The van der Waals surface area contributed by atoms with Crippen LogP contribution in [0.15, 0.2) is 23.0 Å². The lowest BCUT2D eigenvalue weighted by Gasteiger charge is -2.04. The number of fused-ring (bicyclic) bond motifs is 1. The zero-order chi connectivity index (χ0) is 13.8. The molecule has 3 N–H and O–H groups in total. The highest BCUT2D eigenvalue weighted by Crippen LogP contribution is 2.09. The van der Waals surface area contributed by atoms with Gasteiger partial charge in [0.15, 0.2) is 0 Å². The fourth-order valence-electron chi connectivity index (χ4n) is 1.64. The van der Waals surface area contributed by atoms with Crippen molar-refractivity contribution in [3.05, 3.63) is 34.2 Å². The number of amides is 1. The Hall–Kier alpha value is -2.57. The van der Waals surface area contributed by atoms with Gasteiger partial charge in [0.1, 0.15) is 0 Å². The van der Waals surface area contributed by atoms with Crippen LogP contribution in [0.4, 0.5) is 0 Å². The molecule has 1 heterocycles. The number of rotatable bonds is 3. The van der Waals surface area contributed by atoms with E-state index in [0.717, 1.165) is 5.56 Å². The molecule has 0 bridgehead atoms. The van der Waals surface area contributed by atoms with Crippen molar-refractivity contribution in [3.8, 4) is 0 Å². The fourth-order valence-corrected chi connectivity index (χ4v) is 1.64. The minimum absolute atomic E-state index is 0.156. The standard InChI is InChI=1S/C12H13N3O4/c1-2-19-11(17)10(16)13-6-7-3-4-8-9(5-7)15-12(18)14-8/h3-5H,2,6H2,1H3,(H,13,16)(H2,14,15,18). The molecule has 0 radical (unpaired) electrons. The molecule has 0 aliphatic rings. The number of hydrogen-bond donors (Lipinski definition) is 3. The highest BCUT2D eigenvalue weighted by molar-refractivity contribution is 6.32. The number of aromatic amines is 2. The van der Waals surface area contributed by atoms with Crippen molar-refractivity contribution in [2.75, 3.05) is 6.61 Å². The number of ether oxygens (including phenoxy) is 1. The molecule has 0 spiro atoms. The molecule has 100 valence electrons. The predicted molar refractivity (Wildman–Crippen MR) is 67.4 cm³/mol. The first-order valence-electron chi connectivity index (χ1n) is 5.76. The molecule has 0 unspecified atom stereocenters. The Labute approximate surface area is 108 Å². The summed E-state index contributed by atoms with van der Waals surface area (Å²) < 4.78 is 4.56. The molecule has 0 fully saturated rings. The van der Waals surface area contributed by atoms with E-state index in [-0.39, 0.29) is 18.8 Å². The number of imidazole rings is 1. The van der Waals surface area contributed by atoms with Crippen molar-refractivity contribution >= 4 is 22.9 Å². The first-order valence-corrected chi connectivity index (χ1v) is 5.76. The second-order valence-electron chi connectivity index (χ2n) is 3.86. The van der Waals surface area contributed by atoms with E-state index in [0.29, 0.717) is 11.0 Å². The quantitative estimate of drug-likeness (QED) is 0.537. The minimum Gasteiger partial charge on any atom is -0.459 e. The molecule has 0 aliphatic heterocycles. The molecule has 2 aromatic rings. The lowest BCUT2D eigenvalue weighted by Crippen LogP contribution is -2.32. The van der Waals surface area contributed by atoms with Gasteiger partial charge >= 0.3 is 17.6 Å².